The number of benzene rings is 2. The van der Waals surface area contributed by atoms with Crippen LogP contribution >= 0.6 is 23.4 Å². The monoisotopic (exact) mass is 404 g/mol. The number of piperazine rings is 1. The van der Waals surface area contributed by atoms with Crippen LogP contribution in [0, 0.1) is 6.92 Å². The van der Waals surface area contributed by atoms with Gasteiger partial charge in [0.1, 0.15) is 11.5 Å². The molecule has 1 saturated heterocycles. The molecule has 0 unspecified atom stereocenters. The third-order valence-electron chi connectivity index (χ3n) is 4.84. The quantitative estimate of drug-likeness (QED) is 0.755. The Hall–Kier alpha value is -1.89. The van der Waals surface area contributed by atoms with Gasteiger partial charge in [-0.1, -0.05) is 11.6 Å². The molecule has 0 atom stereocenters. The second-order valence-electron chi connectivity index (χ2n) is 6.66. The van der Waals surface area contributed by atoms with E-state index in [1.54, 1.807) is 17.8 Å². The number of nitrogens with one attached hydrogen (secondary N) is 1. The van der Waals surface area contributed by atoms with Crippen molar-refractivity contribution in [3.63, 3.8) is 0 Å². The van der Waals surface area contributed by atoms with E-state index in [4.69, 9.17) is 21.1 Å². The standard InChI is InChI=1S/C20H21ClN2O3S/c1-12-7-13(20(24)25-2)9-17-18(12)26-19-14(11-27-17)8-15(10-16(19)21)23-5-3-22-4-6-23/h7-10,22H,3-6,11H2,1-2H3. The molecule has 4 rings (SSSR count). The van der Waals surface area contributed by atoms with Crippen molar-refractivity contribution in [1.29, 1.82) is 0 Å². The molecule has 7 heteroatoms. The number of carbonyl (C=O) groups is 1. The topological polar surface area (TPSA) is 50.8 Å². The normalized spacial score (nSPS) is 16.0. The largest absolute Gasteiger partial charge is 0.465 e. The zero-order valence-electron chi connectivity index (χ0n) is 15.3. The van der Waals surface area contributed by atoms with Gasteiger partial charge in [-0.15, -0.1) is 11.8 Å². The van der Waals surface area contributed by atoms with Crippen molar-refractivity contribution in [2.45, 2.75) is 17.6 Å². The van der Waals surface area contributed by atoms with Gasteiger partial charge in [0.05, 0.1) is 22.6 Å². The highest BCUT2D eigenvalue weighted by molar-refractivity contribution is 7.98. The maximum absolute atomic E-state index is 11.9. The molecule has 1 fully saturated rings. The predicted molar refractivity (Wildman–Crippen MR) is 109 cm³/mol. The van der Waals surface area contributed by atoms with Crippen LogP contribution in [0.5, 0.6) is 11.5 Å². The van der Waals surface area contributed by atoms with E-state index in [0.717, 1.165) is 59.4 Å². The number of rotatable bonds is 2. The molecule has 1 N–H and O–H groups in total. The summed E-state index contributed by atoms with van der Waals surface area (Å²) in [7, 11) is 1.39. The lowest BCUT2D eigenvalue weighted by atomic mass is 10.1. The van der Waals surface area contributed by atoms with Crippen molar-refractivity contribution in [3.8, 4) is 11.5 Å². The highest BCUT2D eigenvalue weighted by atomic mass is 35.5. The number of aryl methyl sites for hydroxylation is 1. The highest BCUT2D eigenvalue weighted by Crippen LogP contribution is 2.47. The fourth-order valence-corrected chi connectivity index (χ4v) is 4.78. The smallest absolute Gasteiger partial charge is 0.337 e. The number of thioether (sulfide) groups is 1. The molecule has 0 radical (unpaired) electrons. The van der Waals surface area contributed by atoms with Crippen LogP contribution in [0.3, 0.4) is 0 Å². The van der Waals surface area contributed by atoms with Crippen molar-refractivity contribution in [3.05, 3.63) is 46.0 Å². The lowest BCUT2D eigenvalue weighted by molar-refractivity contribution is 0.0600. The number of hydrogen-bond donors (Lipinski definition) is 1. The van der Waals surface area contributed by atoms with Gasteiger partial charge < -0.3 is 19.7 Å². The molecule has 5 nitrogen and oxygen atoms in total. The Kier molecular flexibility index (Phi) is 5.21. The van der Waals surface area contributed by atoms with E-state index >= 15 is 0 Å². The third kappa shape index (κ3) is 3.61. The second-order valence-corrected chi connectivity index (χ2v) is 8.08. The summed E-state index contributed by atoms with van der Waals surface area (Å²) in [5.74, 6) is 1.84. The molecule has 2 aliphatic heterocycles. The number of ether oxygens (including phenoxy) is 2. The van der Waals surface area contributed by atoms with Gasteiger partial charge in [0, 0.05) is 43.2 Å². The Morgan fingerprint density at radius 3 is 2.74 bits per heavy atom. The minimum absolute atomic E-state index is 0.345. The average Bonchev–Trinajstić information content (AvgIpc) is 2.88. The van der Waals surface area contributed by atoms with Gasteiger partial charge in [-0.05, 0) is 36.8 Å². The first-order valence-electron chi connectivity index (χ1n) is 8.88. The van der Waals surface area contributed by atoms with Crippen LogP contribution in [-0.2, 0) is 10.5 Å². The summed E-state index contributed by atoms with van der Waals surface area (Å²) in [6, 6.07) is 7.77. The summed E-state index contributed by atoms with van der Waals surface area (Å²) in [5, 5.41) is 3.98. The number of fused-ring (bicyclic) bond motifs is 2. The number of nitrogens with zero attached hydrogens (tertiary/aromatic N) is 1. The molecule has 0 spiro atoms. The third-order valence-corrected chi connectivity index (χ3v) is 6.19. The van der Waals surface area contributed by atoms with Crippen LogP contribution in [0.4, 0.5) is 5.69 Å². The van der Waals surface area contributed by atoms with Crippen LogP contribution in [-0.4, -0.2) is 39.3 Å². The Balaban J connectivity index is 1.70. The first-order valence-corrected chi connectivity index (χ1v) is 10.2. The summed E-state index contributed by atoms with van der Waals surface area (Å²) < 4.78 is 11.1. The van der Waals surface area contributed by atoms with Gasteiger partial charge in [0.25, 0.3) is 0 Å². The van der Waals surface area contributed by atoms with Gasteiger partial charge in [0.2, 0.25) is 0 Å². The van der Waals surface area contributed by atoms with E-state index in [1.165, 1.54) is 7.11 Å². The van der Waals surface area contributed by atoms with E-state index in [2.05, 4.69) is 16.3 Å². The summed E-state index contributed by atoms with van der Waals surface area (Å²) in [4.78, 5) is 15.2. The van der Waals surface area contributed by atoms with E-state index < -0.39 is 0 Å². The summed E-state index contributed by atoms with van der Waals surface area (Å²) in [6.07, 6.45) is 0. The van der Waals surface area contributed by atoms with Crippen molar-refractivity contribution < 1.29 is 14.3 Å². The van der Waals surface area contributed by atoms with Crippen molar-refractivity contribution in [2.75, 3.05) is 38.2 Å². The zero-order chi connectivity index (χ0) is 19.0. The Bertz CT molecular complexity index is 897. The minimum Gasteiger partial charge on any atom is -0.465 e. The van der Waals surface area contributed by atoms with E-state index in [1.807, 2.05) is 19.1 Å². The maximum Gasteiger partial charge on any atom is 0.337 e. The van der Waals surface area contributed by atoms with E-state index in [9.17, 15) is 4.79 Å². The van der Waals surface area contributed by atoms with E-state index in [-0.39, 0.29) is 5.97 Å². The summed E-state index contributed by atoms with van der Waals surface area (Å²) in [6.45, 7) is 5.80. The molecular formula is C20H21ClN2O3S. The highest BCUT2D eigenvalue weighted by Gasteiger charge is 2.23. The van der Waals surface area contributed by atoms with Crippen LogP contribution in [0.1, 0.15) is 21.5 Å². The average molecular weight is 405 g/mol. The molecule has 2 aliphatic rings. The van der Waals surface area contributed by atoms with E-state index in [0.29, 0.717) is 16.3 Å². The minimum atomic E-state index is -0.345. The molecule has 27 heavy (non-hydrogen) atoms. The first kappa shape index (κ1) is 18.5. The maximum atomic E-state index is 11.9. The fraction of sp³-hybridized carbons (Fsp3) is 0.350. The van der Waals surface area contributed by atoms with Crippen molar-refractivity contribution in [1.82, 2.24) is 5.32 Å². The van der Waals surface area contributed by atoms with Gasteiger partial charge >= 0.3 is 5.97 Å². The molecule has 0 bridgehead atoms. The Morgan fingerprint density at radius 1 is 1.22 bits per heavy atom. The lowest BCUT2D eigenvalue weighted by Crippen LogP contribution is -2.43. The predicted octanol–water partition coefficient (Wildman–Crippen LogP) is 4.24. The number of methoxy groups -OCH3 is 1. The van der Waals surface area contributed by atoms with Crippen LogP contribution in [0.2, 0.25) is 5.02 Å². The second kappa shape index (κ2) is 7.62. The van der Waals surface area contributed by atoms with Gasteiger partial charge in [-0.3, -0.25) is 0 Å². The number of anilines is 1. The molecule has 0 aliphatic carbocycles. The van der Waals surface area contributed by atoms with Gasteiger partial charge in [-0.2, -0.15) is 0 Å². The van der Waals surface area contributed by atoms with Crippen molar-refractivity contribution in [2.24, 2.45) is 0 Å². The molecule has 2 aromatic carbocycles. The number of esters is 1. The molecule has 0 amide bonds. The summed E-state index contributed by atoms with van der Waals surface area (Å²) >= 11 is 8.26. The molecule has 0 aromatic heterocycles. The molecule has 142 valence electrons. The molecular weight excluding hydrogens is 384 g/mol. The van der Waals surface area contributed by atoms with Gasteiger partial charge in [0.15, 0.2) is 0 Å². The molecule has 2 heterocycles. The van der Waals surface area contributed by atoms with Crippen LogP contribution in [0.15, 0.2) is 29.2 Å². The zero-order valence-corrected chi connectivity index (χ0v) is 16.9. The summed E-state index contributed by atoms with van der Waals surface area (Å²) in [5.41, 5.74) is 3.61. The Morgan fingerprint density at radius 2 is 2.00 bits per heavy atom. The fourth-order valence-electron chi connectivity index (χ4n) is 3.43. The van der Waals surface area contributed by atoms with Gasteiger partial charge in [-0.25, -0.2) is 4.79 Å². The van der Waals surface area contributed by atoms with Crippen LogP contribution < -0.4 is 15.0 Å². The number of hydrogen-bond acceptors (Lipinski definition) is 6. The van der Waals surface area contributed by atoms with Crippen LogP contribution in [0.25, 0.3) is 0 Å². The van der Waals surface area contributed by atoms with Crippen molar-refractivity contribution >= 4 is 35.0 Å². The number of halogens is 1. The molecule has 2 aromatic rings. The SMILES string of the molecule is COC(=O)c1cc(C)c2c(c1)SCc1cc(N3CCNCC3)cc(Cl)c1O2. The lowest BCUT2D eigenvalue weighted by Gasteiger charge is -2.30. The number of carbonyl (C=O) groups excluding carboxylic acids is 1. The first-order chi connectivity index (χ1) is 13.1. The molecule has 0 saturated carbocycles. The Labute approximate surface area is 168 Å².